The average Bonchev–Trinajstić information content (AvgIpc) is 2.60. The standard InChI is InChI=1S/C17H22N2O6/c1-18(11-16(20)21)9-13-10-19(4-5-23-13)17(22)12-2-3-14-15(8-12)25-7-6-24-14/h2-3,8,13H,4-7,9-11H2,1H3,(H,20,21). The molecule has 2 heterocycles. The number of nitrogens with zero attached hydrogens (tertiary/aromatic N) is 2. The fraction of sp³-hybridized carbons (Fsp3) is 0.529. The minimum Gasteiger partial charge on any atom is -0.486 e. The van der Waals surface area contributed by atoms with Gasteiger partial charge in [-0.3, -0.25) is 14.5 Å². The number of fused-ring (bicyclic) bond motifs is 1. The highest BCUT2D eigenvalue weighted by Crippen LogP contribution is 2.31. The molecule has 25 heavy (non-hydrogen) atoms. The van der Waals surface area contributed by atoms with Gasteiger partial charge in [0.2, 0.25) is 0 Å². The van der Waals surface area contributed by atoms with Gasteiger partial charge in [0, 0.05) is 25.2 Å². The zero-order valence-electron chi connectivity index (χ0n) is 14.1. The SMILES string of the molecule is CN(CC(=O)O)CC1CN(C(=O)c2ccc3c(c2)OCCO3)CCO1. The average molecular weight is 350 g/mol. The van der Waals surface area contributed by atoms with Gasteiger partial charge in [-0.05, 0) is 25.2 Å². The second-order valence-corrected chi connectivity index (χ2v) is 6.19. The maximum atomic E-state index is 12.8. The summed E-state index contributed by atoms with van der Waals surface area (Å²) >= 11 is 0. The third-order valence-electron chi connectivity index (χ3n) is 4.14. The van der Waals surface area contributed by atoms with Crippen molar-refractivity contribution in [2.75, 3.05) is 53.0 Å². The lowest BCUT2D eigenvalue weighted by molar-refractivity contribution is -0.138. The van der Waals surface area contributed by atoms with E-state index in [1.165, 1.54) is 0 Å². The Morgan fingerprint density at radius 2 is 2.00 bits per heavy atom. The lowest BCUT2D eigenvalue weighted by atomic mass is 10.1. The molecule has 1 saturated heterocycles. The van der Waals surface area contributed by atoms with Crippen LogP contribution in [0.2, 0.25) is 0 Å². The number of amides is 1. The van der Waals surface area contributed by atoms with Crippen LogP contribution in [0.4, 0.5) is 0 Å². The van der Waals surface area contributed by atoms with E-state index in [0.29, 0.717) is 56.5 Å². The number of carbonyl (C=O) groups is 2. The number of aliphatic carboxylic acids is 1. The number of benzene rings is 1. The highest BCUT2D eigenvalue weighted by molar-refractivity contribution is 5.95. The van der Waals surface area contributed by atoms with E-state index >= 15 is 0 Å². The number of morpholine rings is 1. The first kappa shape index (κ1) is 17.5. The molecule has 136 valence electrons. The third kappa shape index (κ3) is 4.40. The molecule has 8 nitrogen and oxygen atoms in total. The van der Waals surface area contributed by atoms with Crippen LogP contribution in [0.1, 0.15) is 10.4 Å². The zero-order valence-corrected chi connectivity index (χ0v) is 14.1. The van der Waals surface area contributed by atoms with Crippen LogP contribution in [-0.2, 0) is 9.53 Å². The van der Waals surface area contributed by atoms with Crippen molar-refractivity contribution in [2.24, 2.45) is 0 Å². The van der Waals surface area contributed by atoms with Crippen molar-refractivity contribution in [1.29, 1.82) is 0 Å². The summed E-state index contributed by atoms with van der Waals surface area (Å²) in [7, 11) is 1.72. The molecule has 8 heteroatoms. The van der Waals surface area contributed by atoms with Crippen LogP contribution in [0.5, 0.6) is 11.5 Å². The Morgan fingerprint density at radius 1 is 1.24 bits per heavy atom. The number of likely N-dealkylation sites (N-methyl/N-ethyl adjacent to an activating group) is 1. The minimum absolute atomic E-state index is 0.0596. The number of hydrogen-bond donors (Lipinski definition) is 1. The maximum Gasteiger partial charge on any atom is 0.317 e. The van der Waals surface area contributed by atoms with E-state index in [1.807, 2.05) is 0 Å². The summed E-state index contributed by atoms with van der Waals surface area (Å²) in [4.78, 5) is 26.9. The molecule has 0 bridgehead atoms. The van der Waals surface area contributed by atoms with Crippen LogP contribution in [0, 0.1) is 0 Å². The Kier molecular flexibility index (Phi) is 5.40. The van der Waals surface area contributed by atoms with Crippen LogP contribution < -0.4 is 9.47 Å². The van der Waals surface area contributed by atoms with E-state index in [4.69, 9.17) is 19.3 Å². The summed E-state index contributed by atoms with van der Waals surface area (Å²) < 4.78 is 16.7. The van der Waals surface area contributed by atoms with Gasteiger partial charge < -0.3 is 24.2 Å². The van der Waals surface area contributed by atoms with Crippen molar-refractivity contribution in [3.8, 4) is 11.5 Å². The molecular weight excluding hydrogens is 328 g/mol. The van der Waals surface area contributed by atoms with E-state index in [-0.39, 0.29) is 18.6 Å². The van der Waals surface area contributed by atoms with Gasteiger partial charge in [0.25, 0.3) is 5.91 Å². The minimum atomic E-state index is -0.887. The topological polar surface area (TPSA) is 88.5 Å². The number of carbonyl (C=O) groups excluding carboxylic acids is 1. The molecule has 1 fully saturated rings. The molecule has 1 aromatic carbocycles. The Labute approximate surface area is 145 Å². The molecule has 0 spiro atoms. The largest absolute Gasteiger partial charge is 0.486 e. The van der Waals surface area contributed by atoms with Gasteiger partial charge in [0.1, 0.15) is 13.2 Å². The molecule has 1 N–H and O–H groups in total. The molecule has 1 amide bonds. The molecule has 1 unspecified atom stereocenters. The van der Waals surface area contributed by atoms with Gasteiger partial charge in [-0.15, -0.1) is 0 Å². The smallest absolute Gasteiger partial charge is 0.317 e. The highest BCUT2D eigenvalue weighted by atomic mass is 16.6. The molecule has 0 radical (unpaired) electrons. The lowest BCUT2D eigenvalue weighted by Crippen LogP contribution is -2.49. The Bertz CT molecular complexity index is 650. The molecule has 0 aliphatic carbocycles. The molecular formula is C17H22N2O6. The Balaban J connectivity index is 1.62. The summed E-state index contributed by atoms with van der Waals surface area (Å²) in [6.07, 6.45) is -0.209. The first-order valence-electron chi connectivity index (χ1n) is 8.24. The van der Waals surface area contributed by atoms with Gasteiger partial charge in [-0.25, -0.2) is 0 Å². The molecule has 1 aromatic rings. The first-order valence-corrected chi connectivity index (χ1v) is 8.24. The van der Waals surface area contributed by atoms with E-state index in [0.717, 1.165) is 0 Å². The van der Waals surface area contributed by atoms with Crippen molar-refractivity contribution >= 4 is 11.9 Å². The van der Waals surface area contributed by atoms with Crippen molar-refractivity contribution in [2.45, 2.75) is 6.10 Å². The highest BCUT2D eigenvalue weighted by Gasteiger charge is 2.27. The second-order valence-electron chi connectivity index (χ2n) is 6.19. The number of rotatable bonds is 5. The fourth-order valence-electron chi connectivity index (χ4n) is 3.02. The van der Waals surface area contributed by atoms with Gasteiger partial charge in [-0.2, -0.15) is 0 Å². The van der Waals surface area contributed by atoms with Crippen LogP contribution in [-0.4, -0.2) is 85.9 Å². The second kappa shape index (κ2) is 7.71. The van der Waals surface area contributed by atoms with Crippen molar-refractivity contribution < 1.29 is 28.9 Å². The number of carboxylic acid groups (broad SMARTS) is 1. The molecule has 2 aliphatic rings. The lowest BCUT2D eigenvalue weighted by Gasteiger charge is -2.34. The van der Waals surface area contributed by atoms with E-state index in [1.54, 1.807) is 35.0 Å². The Hall–Kier alpha value is -2.32. The Morgan fingerprint density at radius 3 is 2.76 bits per heavy atom. The van der Waals surface area contributed by atoms with Crippen LogP contribution in [0.15, 0.2) is 18.2 Å². The van der Waals surface area contributed by atoms with Crippen molar-refractivity contribution in [1.82, 2.24) is 9.80 Å². The normalized spacial score (nSPS) is 19.8. The summed E-state index contributed by atoms with van der Waals surface area (Å²) in [5.74, 6) is 0.259. The molecule has 1 atom stereocenters. The van der Waals surface area contributed by atoms with Gasteiger partial charge >= 0.3 is 5.97 Å². The van der Waals surface area contributed by atoms with Gasteiger partial charge in [0.15, 0.2) is 11.5 Å². The van der Waals surface area contributed by atoms with E-state index < -0.39 is 5.97 Å². The molecule has 2 aliphatic heterocycles. The number of ether oxygens (including phenoxy) is 3. The predicted molar refractivity (Wildman–Crippen MR) is 88.2 cm³/mol. The fourth-order valence-corrected chi connectivity index (χ4v) is 3.02. The quantitative estimate of drug-likeness (QED) is 0.818. The molecule has 0 saturated carbocycles. The molecule has 3 rings (SSSR count). The van der Waals surface area contributed by atoms with Crippen molar-refractivity contribution in [3.63, 3.8) is 0 Å². The maximum absolute atomic E-state index is 12.8. The zero-order chi connectivity index (χ0) is 17.8. The summed E-state index contributed by atoms with van der Waals surface area (Å²) in [5, 5.41) is 8.83. The van der Waals surface area contributed by atoms with Crippen LogP contribution >= 0.6 is 0 Å². The molecule has 0 aromatic heterocycles. The van der Waals surface area contributed by atoms with Crippen LogP contribution in [0.3, 0.4) is 0 Å². The predicted octanol–water partition coefficient (Wildman–Crippen LogP) is 0.315. The summed E-state index contributed by atoms with van der Waals surface area (Å²) in [6, 6.07) is 5.19. The number of carboxylic acids is 1. The summed E-state index contributed by atoms with van der Waals surface area (Å²) in [6.45, 7) is 2.74. The monoisotopic (exact) mass is 350 g/mol. The van der Waals surface area contributed by atoms with Gasteiger partial charge in [-0.1, -0.05) is 0 Å². The number of hydrogen-bond acceptors (Lipinski definition) is 6. The first-order chi connectivity index (χ1) is 12.0. The van der Waals surface area contributed by atoms with Crippen LogP contribution in [0.25, 0.3) is 0 Å². The third-order valence-corrected chi connectivity index (χ3v) is 4.14. The van der Waals surface area contributed by atoms with Gasteiger partial charge in [0.05, 0.1) is 19.3 Å². The van der Waals surface area contributed by atoms with Crippen molar-refractivity contribution in [3.05, 3.63) is 23.8 Å². The summed E-state index contributed by atoms with van der Waals surface area (Å²) in [5.41, 5.74) is 0.545. The van der Waals surface area contributed by atoms with E-state index in [2.05, 4.69) is 0 Å². The van der Waals surface area contributed by atoms with E-state index in [9.17, 15) is 9.59 Å².